The third-order valence-electron chi connectivity index (χ3n) is 3.25. The standard InChI is InChI=1S/C12H21F2NO/c1-4-6-11(3,7-5-2)10(16)15-8-12(13,14)9-15/h4-9H2,1-3H3. The fraction of sp³-hybridized carbons (Fsp3) is 0.917. The molecule has 0 radical (unpaired) electrons. The maximum Gasteiger partial charge on any atom is 0.282 e. The molecule has 0 saturated carbocycles. The third kappa shape index (κ3) is 2.71. The fourth-order valence-electron chi connectivity index (χ4n) is 2.48. The number of carbonyl (C=O) groups is 1. The maximum absolute atomic E-state index is 12.7. The molecule has 16 heavy (non-hydrogen) atoms. The fourth-order valence-corrected chi connectivity index (χ4v) is 2.48. The van der Waals surface area contributed by atoms with Gasteiger partial charge in [-0.2, -0.15) is 0 Å². The van der Waals surface area contributed by atoms with Crippen LogP contribution >= 0.6 is 0 Å². The second kappa shape index (κ2) is 4.68. The number of carbonyl (C=O) groups excluding carboxylic acids is 1. The number of likely N-dealkylation sites (tertiary alicyclic amines) is 1. The summed E-state index contributed by atoms with van der Waals surface area (Å²) < 4.78 is 25.4. The van der Waals surface area contributed by atoms with Crippen molar-refractivity contribution in [3.8, 4) is 0 Å². The Morgan fingerprint density at radius 2 is 1.69 bits per heavy atom. The highest BCUT2D eigenvalue weighted by Gasteiger charge is 2.49. The molecule has 0 aromatic rings. The molecule has 1 aliphatic rings. The minimum Gasteiger partial charge on any atom is -0.330 e. The molecule has 0 atom stereocenters. The largest absolute Gasteiger partial charge is 0.330 e. The monoisotopic (exact) mass is 233 g/mol. The summed E-state index contributed by atoms with van der Waals surface area (Å²) in [6.07, 6.45) is 3.38. The average Bonchev–Trinajstić information content (AvgIpc) is 2.13. The van der Waals surface area contributed by atoms with E-state index >= 15 is 0 Å². The predicted molar refractivity (Wildman–Crippen MR) is 59.5 cm³/mol. The summed E-state index contributed by atoms with van der Waals surface area (Å²) in [6.45, 7) is 5.15. The third-order valence-corrected chi connectivity index (χ3v) is 3.25. The van der Waals surface area contributed by atoms with E-state index in [1.54, 1.807) is 0 Å². The molecule has 1 amide bonds. The Labute approximate surface area is 96.0 Å². The van der Waals surface area contributed by atoms with Crippen molar-refractivity contribution >= 4 is 5.91 Å². The number of hydrogen-bond donors (Lipinski definition) is 0. The molecular formula is C12H21F2NO. The lowest BCUT2D eigenvalue weighted by Crippen LogP contribution is -2.61. The lowest BCUT2D eigenvalue weighted by Gasteiger charge is -2.43. The Morgan fingerprint density at radius 3 is 2.00 bits per heavy atom. The van der Waals surface area contributed by atoms with Crippen molar-refractivity contribution in [2.45, 2.75) is 52.4 Å². The van der Waals surface area contributed by atoms with Gasteiger partial charge in [0, 0.05) is 5.41 Å². The number of alkyl halides is 2. The number of halogens is 2. The topological polar surface area (TPSA) is 20.3 Å². The highest BCUT2D eigenvalue weighted by molar-refractivity contribution is 5.83. The molecule has 0 bridgehead atoms. The van der Waals surface area contributed by atoms with Gasteiger partial charge in [0.05, 0.1) is 13.1 Å². The molecule has 0 aromatic carbocycles. The quantitative estimate of drug-likeness (QED) is 0.714. The minimum absolute atomic E-state index is 0.0953. The molecule has 1 rings (SSSR count). The van der Waals surface area contributed by atoms with Crippen molar-refractivity contribution in [1.82, 2.24) is 4.90 Å². The number of nitrogens with zero attached hydrogens (tertiary/aromatic N) is 1. The van der Waals surface area contributed by atoms with Gasteiger partial charge in [-0.1, -0.05) is 33.6 Å². The van der Waals surface area contributed by atoms with Crippen molar-refractivity contribution in [3.05, 3.63) is 0 Å². The molecule has 1 fully saturated rings. The first-order chi connectivity index (χ1) is 7.34. The molecule has 0 spiro atoms. The van der Waals surface area contributed by atoms with Gasteiger partial charge in [-0.25, -0.2) is 8.78 Å². The highest BCUT2D eigenvalue weighted by Crippen LogP contribution is 2.36. The molecule has 1 saturated heterocycles. The zero-order valence-corrected chi connectivity index (χ0v) is 10.4. The van der Waals surface area contributed by atoms with Crippen LogP contribution in [0, 0.1) is 5.41 Å². The van der Waals surface area contributed by atoms with E-state index in [0.717, 1.165) is 25.7 Å². The molecule has 0 aromatic heterocycles. The molecule has 2 nitrogen and oxygen atoms in total. The number of hydrogen-bond acceptors (Lipinski definition) is 1. The van der Waals surface area contributed by atoms with Crippen LogP contribution in [0.2, 0.25) is 0 Å². The molecule has 0 N–H and O–H groups in total. The highest BCUT2D eigenvalue weighted by atomic mass is 19.3. The van der Waals surface area contributed by atoms with E-state index < -0.39 is 24.4 Å². The molecule has 94 valence electrons. The first kappa shape index (κ1) is 13.4. The van der Waals surface area contributed by atoms with Crippen LogP contribution in [0.3, 0.4) is 0 Å². The molecule has 1 aliphatic heterocycles. The van der Waals surface area contributed by atoms with Gasteiger partial charge in [-0.3, -0.25) is 4.79 Å². The van der Waals surface area contributed by atoms with Crippen LogP contribution in [0.25, 0.3) is 0 Å². The predicted octanol–water partition coefficient (Wildman–Crippen LogP) is 3.07. The van der Waals surface area contributed by atoms with E-state index in [2.05, 4.69) is 0 Å². The summed E-state index contributed by atoms with van der Waals surface area (Å²) in [4.78, 5) is 13.4. The zero-order chi connectivity index (χ0) is 12.4. The Morgan fingerprint density at radius 1 is 1.25 bits per heavy atom. The number of amides is 1. The second-order valence-electron chi connectivity index (χ2n) is 5.08. The smallest absolute Gasteiger partial charge is 0.282 e. The van der Waals surface area contributed by atoms with Gasteiger partial charge in [0.25, 0.3) is 5.92 Å². The first-order valence-electron chi connectivity index (χ1n) is 6.02. The lowest BCUT2D eigenvalue weighted by atomic mass is 9.79. The first-order valence-corrected chi connectivity index (χ1v) is 6.02. The van der Waals surface area contributed by atoms with E-state index in [-0.39, 0.29) is 5.91 Å². The van der Waals surface area contributed by atoms with Gasteiger partial charge in [-0.15, -0.1) is 0 Å². The van der Waals surface area contributed by atoms with E-state index in [1.165, 1.54) is 4.90 Å². The van der Waals surface area contributed by atoms with Crippen molar-refractivity contribution < 1.29 is 13.6 Å². The summed E-state index contributed by atoms with van der Waals surface area (Å²) in [5.41, 5.74) is -0.444. The van der Waals surface area contributed by atoms with Crippen LogP contribution in [0.15, 0.2) is 0 Å². The Balaban J connectivity index is 2.62. The zero-order valence-electron chi connectivity index (χ0n) is 10.4. The molecule has 0 unspecified atom stereocenters. The maximum atomic E-state index is 12.7. The minimum atomic E-state index is -2.66. The van der Waals surface area contributed by atoms with Crippen molar-refractivity contribution in [3.63, 3.8) is 0 Å². The Bertz CT molecular complexity index is 252. The summed E-state index contributed by atoms with van der Waals surface area (Å²) >= 11 is 0. The molecule has 1 heterocycles. The molecular weight excluding hydrogens is 212 g/mol. The summed E-state index contributed by atoms with van der Waals surface area (Å²) in [7, 11) is 0. The lowest BCUT2D eigenvalue weighted by molar-refractivity contribution is -0.175. The van der Waals surface area contributed by atoms with Crippen LogP contribution in [0.4, 0.5) is 8.78 Å². The van der Waals surface area contributed by atoms with Crippen LogP contribution in [0.5, 0.6) is 0 Å². The SMILES string of the molecule is CCCC(C)(CCC)C(=O)N1CC(F)(F)C1. The van der Waals surface area contributed by atoms with Crippen molar-refractivity contribution in [1.29, 1.82) is 0 Å². The van der Waals surface area contributed by atoms with Crippen LogP contribution in [-0.4, -0.2) is 29.8 Å². The van der Waals surface area contributed by atoms with Gasteiger partial charge in [0.1, 0.15) is 0 Å². The van der Waals surface area contributed by atoms with Gasteiger partial charge in [-0.05, 0) is 12.8 Å². The molecule has 4 heteroatoms. The van der Waals surface area contributed by atoms with E-state index in [0.29, 0.717) is 0 Å². The van der Waals surface area contributed by atoms with E-state index in [4.69, 9.17) is 0 Å². The van der Waals surface area contributed by atoms with Crippen LogP contribution in [-0.2, 0) is 4.79 Å². The van der Waals surface area contributed by atoms with Gasteiger partial charge in [0.2, 0.25) is 5.91 Å². The average molecular weight is 233 g/mol. The van der Waals surface area contributed by atoms with Crippen LogP contribution < -0.4 is 0 Å². The summed E-state index contributed by atoms with van der Waals surface area (Å²) in [6, 6.07) is 0. The van der Waals surface area contributed by atoms with Gasteiger partial charge in [0.15, 0.2) is 0 Å². The van der Waals surface area contributed by atoms with Gasteiger partial charge >= 0.3 is 0 Å². The van der Waals surface area contributed by atoms with E-state index in [9.17, 15) is 13.6 Å². The summed E-state index contributed by atoms with van der Waals surface area (Å²) in [5.74, 6) is -2.75. The van der Waals surface area contributed by atoms with Crippen molar-refractivity contribution in [2.75, 3.05) is 13.1 Å². The summed E-state index contributed by atoms with van der Waals surface area (Å²) in [5, 5.41) is 0. The van der Waals surface area contributed by atoms with Crippen LogP contribution in [0.1, 0.15) is 46.5 Å². The Kier molecular flexibility index (Phi) is 3.92. The van der Waals surface area contributed by atoms with Gasteiger partial charge < -0.3 is 4.90 Å². The molecule has 0 aliphatic carbocycles. The van der Waals surface area contributed by atoms with Crippen molar-refractivity contribution in [2.24, 2.45) is 5.41 Å². The number of rotatable bonds is 5. The van der Waals surface area contributed by atoms with E-state index in [1.807, 2.05) is 20.8 Å². The Hall–Kier alpha value is -0.670. The second-order valence-corrected chi connectivity index (χ2v) is 5.08. The normalized spacial score (nSPS) is 19.4.